The van der Waals surface area contributed by atoms with Crippen LogP contribution in [0.5, 0.6) is 0 Å². The summed E-state index contributed by atoms with van der Waals surface area (Å²) >= 11 is 0. The molecule has 0 aromatic carbocycles. The van der Waals surface area contributed by atoms with Crippen molar-refractivity contribution < 1.29 is 4.79 Å². The van der Waals surface area contributed by atoms with Crippen LogP contribution in [-0.4, -0.2) is 12.5 Å². The van der Waals surface area contributed by atoms with E-state index in [0.717, 1.165) is 13.0 Å². The van der Waals surface area contributed by atoms with Crippen LogP contribution in [0.2, 0.25) is 0 Å². The second kappa shape index (κ2) is 4.36. The SMILES string of the molecule is [CH2]C(=O)NCC(C)CC. The minimum absolute atomic E-state index is 0.185. The van der Waals surface area contributed by atoms with Crippen LogP contribution in [-0.2, 0) is 4.79 Å². The Bertz CT molecular complexity index is 90.9. The minimum atomic E-state index is -0.185. The standard InChI is InChI=1S/C7H14NO/c1-4-6(2)5-8-7(3)9/h6H,3-5H2,1-2H3,(H,8,9). The third-order valence-electron chi connectivity index (χ3n) is 1.34. The summed E-state index contributed by atoms with van der Waals surface area (Å²) in [6.07, 6.45) is 1.10. The van der Waals surface area contributed by atoms with Gasteiger partial charge in [0.05, 0.1) is 0 Å². The van der Waals surface area contributed by atoms with Crippen LogP contribution in [0.3, 0.4) is 0 Å². The number of hydrogen-bond donors (Lipinski definition) is 1. The van der Waals surface area contributed by atoms with Gasteiger partial charge < -0.3 is 5.32 Å². The van der Waals surface area contributed by atoms with Gasteiger partial charge in [-0.25, -0.2) is 0 Å². The van der Waals surface area contributed by atoms with E-state index in [0.29, 0.717) is 5.92 Å². The molecule has 0 rings (SSSR count). The monoisotopic (exact) mass is 128 g/mol. The van der Waals surface area contributed by atoms with Crippen molar-refractivity contribution >= 4 is 5.91 Å². The van der Waals surface area contributed by atoms with E-state index < -0.39 is 0 Å². The lowest BCUT2D eigenvalue weighted by molar-refractivity contribution is -0.116. The summed E-state index contributed by atoms with van der Waals surface area (Å²) < 4.78 is 0. The lowest BCUT2D eigenvalue weighted by atomic mass is 10.1. The first-order chi connectivity index (χ1) is 4.16. The molecule has 1 atom stereocenters. The van der Waals surface area contributed by atoms with Crippen LogP contribution in [0.25, 0.3) is 0 Å². The number of amides is 1. The lowest BCUT2D eigenvalue weighted by Gasteiger charge is -2.06. The van der Waals surface area contributed by atoms with E-state index in [1.807, 2.05) is 0 Å². The van der Waals surface area contributed by atoms with Crippen LogP contribution in [0.4, 0.5) is 0 Å². The van der Waals surface area contributed by atoms with Gasteiger partial charge in [0, 0.05) is 13.5 Å². The summed E-state index contributed by atoms with van der Waals surface area (Å²) in [6.45, 7) is 8.13. The highest BCUT2D eigenvalue weighted by molar-refractivity contribution is 5.79. The first-order valence-corrected chi connectivity index (χ1v) is 3.26. The molecule has 0 fully saturated rings. The fourth-order valence-electron chi connectivity index (χ4n) is 0.432. The maximum Gasteiger partial charge on any atom is 0.220 e. The average Bonchev–Trinajstić information content (AvgIpc) is 1.83. The first-order valence-electron chi connectivity index (χ1n) is 3.26. The molecule has 1 unspecified atom stereocenters. The van der Waals surface area contributed by atoms with Gasteiger partial charge in [-0.05, 0) is 5.92 Å². The normalized spacial score (nSPS) is 12.8. The van der Waals surface area contributed by atoms with E-state index in [9.17, 15) is 4.79 Å². The summed E-state index contributed by atoms with van der Waals surface area (Å²) in [5.41, 5.74) is 0. The molecule has 9 heavy (non-hydrogen) atoms. The summed E-state index contributed by atoms with van der Waals surface area (Å²) in [5.74, 6) is 0.381. The smallest absolute Gasteiger partial charge is 0.220 e. The van der Waals surface area contributed by atoms with Gasteiger partial charge in [-0.3, -0.25) is 4.79 Å². The van der Waals surface area contributed by atoms with Crippen LogP contribution in [0, 0.1) is 12.8 Å². The Morgan fingerprint density at radius 3 is 2.67 bits per heavy atom. The predicted molar refractivity (Wildman–Crippen MR) is 37.8 cm³/mol. The molecule has 2 heteroatoms. The molecule has 0 aliphatic rings. The zero-order valence-electron chi connectivity index (χ0n) is 6.11. The zero-order chi connectivity index (χ0) is 7.28. The zero-order valence-corrected chi connectivity index (χ0v) is 6.11. The van der Waals surface area contributed by atoms with Gasteiger partial charge in [-0.15, -0.1) is 0 Å². The molecule has 0 aliphatic heterocycles. The molecule has 0 spiro atoms. The third kappa shape index (κ3) is 5.34. The molecule has 0 saturated heterocycles. The van der Waals surface area contributed by atoms with E-state index in [1.165, 1.54) is 0 Å². The molecule has 1 amide bonds. The molecule has 1 radical (unpaired) electrons. The van der Waals surface area contributed by atoms with Crippen molar-refractivity contribution in [3.05, 3.63) is 6.92 Å². The number of rotatable bonds is 3. The highest BCUT2D eigenvalue weighted by Crippen LogP contribution is 1.96. The largest absolute Gasteiger partial charge is 0.356 e. The first kappa shape index (κ1) is 8.47. The molecule has 0 saturated carbocycles. The summed E-state index contributed by atoms with van der Waals surface area (Å²) in [4.78, 5) is 10.2. The van der Waals surface area contributed by atoms with Crippen molar-refractivity contribution in [2.24, 2.45) is 5.92 Å². The topological polar surface area (TPSA) is 29.1 Å². The summed E-state index contributed by atoms with van der Waals surface area (Å²) in [6, 6.07) is 0. The van der Waals surface area contributed by atoms with Crippen molar-refractivity contribution in [3.8, 4) is 0 Å². The van der Waals surface area contributed by atoms with Crippen molar-refractivity contribution in [2.45, 2.75) is 20.3 Å². The highest BCUT2D eigenvalue weighted by atomic mass is 16.1. The summed E-state index contributed by atoms with van der Waals surface area (Å²) in [5, 5.41) is 2.65. The predicted octanol–water partition coefficient (Wildman–Crippen LogP) is 0.983. The Kier molecular flexibility index (Phi) is 4.10. The van der Waals surface area contributed by atoms with Gasteiger partial charge >= 0.3 is 0 Å². The van der Waals surface area contributed by atoms with E-state index >= 15 is 0 Å². The summed E-state index contributed by atoms with van der Waals surface area (Å²) in [7, 11) is 0. The van der Waals surface area contributed by atoms with Crippen molar-refractivity contribution in [1.82, 2.24) is 5.32 Å². The Morgan fingerprint density at radius 2 is 2.33 bits per heavy atom. The molecule has 0 aromatic rings. The quantitative estimate of drug-likeness (QED) is 0.603. The maximum absolute atomic E-state index is 10.2. The van der Waals surface area contributed by atoms with Crippen LogP contribution < -0.4 is 5.32 Å². The van der Waals surface area contributed by atoms with E-state index in [1.54, 1.807) is 0 Å². The molecular formula is C7H14NO. The Morgan fingerprint density at radius 1 is 1.78 bits per heavy atom. The van der Waals surface area contributed by atoms with E-state index in [-0.39, 0.29) is 5.91 Å². The molecular weight excluding hydrogens is 114 g/mol. The maximum atomic E-state index is 10.2. The molecule has 53 valence electrons. The fraction of sp³-hybridized carbons (Fsp3) is 0.714. The Labute approximate surface area is 56.6 Å². The molecule has 0 aromatic heterocycles. The van der Waals surface area contributed by atoms with Crippen LogP contribution in [0.15, 0.2) is 0 Å². The fourth-order valence-corrected chi connectivity index (χ4v) is 0.432. The minimum Gasteiger partial charge on any atom is -0.356 e. The number of carbonyl (C=O) groups is 1. The van der Waals surface area contributed by atoms with Gasteiger partial charge in [-0.1, -0.05) is 20.3 Å². The van der Waals surface area contributed by atoms with Gasteiger partial charge in [0.1, 0.15) is 0 Å². The number of hydrogen-bond acceptors (Lipinski definition) is 1. The van der Waals surface area contributed by atoms with E-state index in [2.05, 4.69) is 26.1 Å². The second-order valence-electron chi connectivity index (χ2n) is 2.32. The Hall–Kier alpha value is -0.530. The average molecular weight is 128 g/mol. The number of carbonyl (C=O) groups excluding carboxylic acids is 1. The van der Waals surface area contributed by atoms with Gasteiger partial charge in [-0.2, -0.15) is 0 Å². The lowest BCUT2D eigenvalue weighted by Crippen LogP contribution is -2.25. The van der Waals surface area contributed by atoms with Gasteiger partial charge in [0.25, 0.3) is 0 Å². The molecule has 0 aliphatic carbocycles. The molecule has 0 bridgehead atoms. The van der Waals surface area contributed by atoms with Crippen molar-refractivity contribution in [3.63, 3.8) is 0 Å². The van der Waals surface area contributed by atoms with Crippen molar-refractivity contribution in [2.75, 3.05) is 6.54 Å². The van der Waals surface area contributed by atoms with Gasteiger partial charge in [0.15, 0.2) is 0 Å². The van der Waals surface area contributed by atoms with Gasteiger partial charge in [0.2, 0.25) is 5.91 Å². The third-order valence-corrected chi connectivity index (χ3v) is 1.34. The van der Waals surface area contributed by atoms with E-state index in [4.69, 9.17) is 0 Å². The second-order valence-corrected chi connectivity index (χ2v) is 2.32. The molecule has 1 N–H and O–H groups in total. The molecule has 0 heterocycles. The number of nitrogens with one attached hydrogen (secondary N) is 1. The van der Waals surface area contributed by atoms with Crippen LogP contribution >= 0.6 is 0 Å². The van der Waals surface area contributed by atoms with Crippen LogP contribution in [0.1, 0.15) is 20.3 Å². The molecule has 2 nitrogen and oxygen atoms in total. The van der Waals surface area contributed by atoms with Crippen molar-refractivity contribution in [1.29, 1.82) is 0 Å². The highest BCUT2D eigenvalue weighted by Gasteiger charge is 1.97. The Balaban J connectivity index is 3.16.